The van der Waals surface area contributed by atoms with Crippen LogP contribution >= 0.6 is 0 Å². The average Bonchev–Trinajstić information content (AvgIpc) is 2.87. The van der Waals surface area contributed by atoms with Gasteiger partial charge < -0.3 is 5.32 Å². The van der Waals surface area contributed by atoms with Crippen LogP contribution in [0.5, 0.6) is 0 Å². The standard InChI is InChI=1S/C15H15FN4/c1-10(11-8-18-20(2)9-11)19-14-6-7-17-15-12(14)4-3-5-13(15)16/h3-10H,1-2H3,(H,17,19). The van der Waals surface area contributed by atoms with Crippen molar-refractivity contribution in [2.75, 3.05) is 5.32 Å². The number of nitrogens with zero attached hydrogens (tertiary/aromatic N) is 3. The zero-order valence-electron chi connectivity index (χ0n) is 11.3. The largest absolute Gasteiger partial charge is 0.378 e. The summed E-state index contributed by atoms with van der Waals surface area (Å²) < 4.78 is 15.5. The van der Waals surface area contributed by atoms with Crippen LogP contribution in [0.2, 0.25) is 0 Å². The number of rotatable bonds is 3. The van der Waals surface area contributed by atoms with E-state index < -0.39 is 0 Å². The molecule has 0 spiro atoms. The third-order valence-electron chi connectivity index (χ3n) is 3.32. The molecule has 20 heavy (non-hydrogen) atoms. The van der Waals surface area contributed by atoms with Crippen molar-refractivity contribution >= 4 is 16.6 Å². The Kier molecular flexibility index (Phi) is 3.10. The lowest BCUT2D eigenvalue weighted by Gasteiger charge is -2.15. The molecule has 0 aliphatic carbocycles. The van der Waals surface area contributed by atoms with E-state index >= 15 is 0 Å². The molecule has 5 heteroatoms. The van der Waals surface area contributed by atoms with E-state index in [4.69, 9.17) is 0 Å². The van der Waals surface area contributed by atoms with E-state index in [0.29, 0.717) is 5.52 Å². The van der Waals surface area contributed by atoms with E-state index in [1.807, 2.05) is 38.5 Å². The summed E-state index contributed by atoms with van der Waals surface area (Å²) in [5.41, 5.74) is 2.33. The van der Waals surface area contributed by atoms with Crippen LogP contribution < -0.4 is 5.32 Å². The molecule has 0 aliphatic rings. The minimum atomic E-state index is -0.305. The molecule has 2 aromatic heterocycles. The van der Waals surface area contributed by atoms with Gasteiger partial charge in [0.05, 0.1) is 12.2 Å². The summed E-state index contributed by atoms with van der Waals surface area (Å²) in [4.78, 5) is 4.09. The van der Waals surface area contributed by atoms with E-state index in [-0.39, 0.29) is 11.9 Å². The Bertz CT molecular complexity index is 750. The highest BCUT2D eigenvalue weighted by molar-refractivity contribution is 5.91. The maximum absolute atomic E-state index is 13.7. The second-order valence-electron chi connectivity index (χ2n) is 4.81. The number of hydrogen-bond acceptors (Lipinski definition) is 3. The van der Waals surface area contributed by atoms with E-state index in [9.17, 15) is 4.39 Å². The number of hydrogen-bond donors (Lipinski definition) is 1. The Balaban J connectivity index is 1.97. The van der Waals surface area contributed by atoms with Crippen LogP contribution in [0.15, 0.2) is 42.9 Å². The van der Waals surface area contributed by atoms with Gasteiger partial charge in [0, 0.05) is 36.1 Å². The van der Waals surface area contributed by atoms with Crippen LogP contribution in [0.25, 0.3) is 10.9 Å². The van der Waals surface area contributed by atoms with Gasteiger partial charge in [0.1, 0.15) is 11.3 Å². The summed E-state index contributed by atoms with van der Waals surface area (Å²) in [6.45, 7) is 2.04. The number of pyridine rings is 1. The lowest BCUT2D eigenvalue weighted by Crippen LogP contribution is -2.06. The van der Waals surface area contributed by atoms with Gasteiger partial charge in [-0.05, 0) is 19.1 Å². The van der Waals surface area contributed by atoms with E-state index in [1.165, 1.54) is 6.07 Å². The van der Waals surface area contributed by atoms with Crippen molar-refractivity contribution in [2.24, 2.45) is 7.05 Å². The molecule has 1 atom stereocenters. The normalized spacial score (nSPS) is 12.6. The third-order valence-corrected chi connectivity index (χ3v) is 3.32. The van der Waals surface area contributed by atoms with E-state index in [2.05, 4.69) is 15.4 Å². The van der Waals surface area contributed by atoms with Crippen molar-refractivity contribution in [2.45, 2.75) is 13.0 Å². The van der Waals surface area contributed by atoms with Crippen molar-refractivity contribution in [3.8, 4) is 0 Å². The lowest BCUT2D eigenvalue weighted by atomic mass is 10.1. The molecule has 2 heterocycles. The highest BCUT2D eigenvalue weighted by atomic mass is 19.1. The zero-order valence-corrected chi connectivity index (χ0v) is 11.3. The number of para-hydroxylation sites is 1. The Morgan fingerprint density at radius 1 is 1.30 bits per heavy atom. The molecule has 102 valence electrons. The fraction of sp³-hybridized carbons (Fsp3) is 0.200. The first-order chi connectivity index (χ1) is 9.65. The van der Waals surface area contributed by atoms with Crippen molar-refractivity contribution in [1.82, 2.24) is 14.8 Å². The number of aryl methyl sites for hydroxylation is 1. The Labute approximate surface area is 116 Å². The lowest BCUT2D eigenvalue weighted by molar-refractivity contribution is 0.637. The summed E-state index contributed by atoms with van der Waals surface area (Å²) in [6, 6.07) is 6.92. The van der Waals surface area contributed by atoms with Crippen LogP contribution in [0.3, 0.4) is 0 Å². The van der Waals surface area contributed by atoms with Crippen LogP contribution in [-0.2, 0) is 7.05 Å². The van der Waals surface area contributed by atoms with Crippen LogP contribution in [-0.4, -0.2) is 14.8 Å². The second-order valence-corrected chi connectivity index (χ2v) is 4.81. The number of fused-ring (bicyclic) bond motifs is 1. The summed E-state index contributed by atoms with van der Waals surface area (Å²) in [6.07, 6.45) is 5.40. The minimum Gasteiger partial charge on any atom is -0.378 e. The number of nitrogens with one attached hydrogen (secondary N) is 1. The van der Waals surface area contributed by atoms with Crippen LogP contribution in [0, 0.1) is 5.82 Å². The molecule has 0 saturated carbocycles. The Morgan fingerprint density at radius 2 is 2.15 bits per heavy atom. The second kappa shape index (κ2) is 4.92. The van der Waals surface area contributed by atoms with Gasteiger partial charge in [-0.1, -0.05) is 12.1 Å². The number of anilines is 1. The molecule has 1 N–H and O–H groups in total. The molecule has 0 amide bonds. The predicted octanol–water partition coefficient (Wildman–Crippen LogP) is 3.28. The molecule has 1 aromatic carbocycles. The molecule has 0 bridgehead atoms. The molecule has 3 aromatic rings. The summed E-state index contributed by atoms with van der Waals surface area (Å²) >= 11 is 0. The molecule has 0 radical (unpaired) electrons. The Morgan fingerprint density at radius 3 is 2.90 bits per heavy atom. The highest BCUT2D eigenvalue weighted by Gasteiger charge is 2.11. The number of benzene rings is 1. The van der Waals surface area contributed by atoms with Crippen LogP contribution in [0.4, 0.5) is 10.1 Å². The van der Waals surface area contributed by atoms with Crippen molar-refractivity contribution in [3.05, 3.63) is 54.2 Å². The summed E-state index contributed by atoms with van der Waals surface area (Å²) in [5, 5.41) is 8.32. The monoisotopic (exact) mass is 270 g/mol. The first-order valence-electron chi connectivity index (χ1n) is 6.43. The fourth-order valence-corrected chi connectivity index (χ4v) is 2.25. The van der Waals surface area contributed by atoms with Crippen molar-refractivity contribution in [1.29, 1.82) is 0 Å². The van der Waals surface area contributed by atoms with Gasteiger partial charge in [0.2, 0.25) is 0 Å². The van der Waals surface area contributed by atoms with E-state index in [0.717, 1.165) is 16.6 Å². The molecule has 0 saturated heterocycles. The van der Waals surface area contributed by atoms with Crippen molar-refractivity contribution in [3.63, 3.8) is 0 Å². The quantitative estimate of drug-likeness (QED) is 0.794. The van der Waals surface area contributed by atoms with Crippen LogP contribution in [0.1, 0.15) is 18.5 Å². The van der Waals surface area contributed by atoms with Gasteiger partial charge in [-0.3, -0.25) is 9.67 Å². The maximum Gasteiger partial charge on any atom is 0.149 e. The molecule has 0 aliphatic heterocycles. The van der Waals surface area contributed by atoms with Gasteiger partial charge in [0.25, 0.3) is 0 Å². The molecule has 4 nitrogen and oxygen atoms in total. The highest BCUT2D eigenvalue weighted by Crippen LogP contribution is 2.26. The molecule has 1 unspecified atom stereocenters. The third kappa shape index (κ3) is 2.22. The number of aromatic nitrogens is 3. The SMILES string of the molecule is CC(Nc1ccnc2c(F)cccc12)c1cnn(C)c1. The van der Waals surface area contributed by atoms with Gasteiger partial charge >= 0.3 is 0 Å². The first-order valence-corrected chi connectivity index (χ1v) is 6.43. The first kappa shape index (κ1) is 12.6. The summed E-state index contributed by atoms with van der Waals surface area (Å²) in [5.74, 6) is -0.305. The van der Waals surface area contributed by atoms with Crippen molar-refractivity contribution < 1.29 is 4.39 Å². The van der Waals surface area contributed by atoms with Gasteiger partial charge in [-0.2, -0.15) is 5.10 Å². The topological polar surface area (TPSA) is 42.7 Å². The maximum atomic E-state index is 13.7. The zero-order chi connectivity index (χ0) is 14.1. The Hall–Kier alpha value is -2.43. The molecular weight excluding hydrogens is 255 g/mol. The molecule has 3 rings (SSSR count). The fourth-order valence-electron chi connectivity index (χ4n) is 2.25. The van der Waals surface area contributed by atoms with Gasteiger partial charge in [-0.15, -0.1) is 0 Å². The van der Waals surface area contributed by atoms with E-state index in [1.54, 1.807) is 16.9 Å². The molecular formula is C15H15FN4. The smallest absolute Gasteiger partial charge is 0.149 e. The molecule has 0 fully saturated rings. The average molecular weight is 270 g/mol. The van der Waals surface area contributed by atoms with Gasteiger partial charge in [0.15, 0.2) is 0 Å². The number of halogens is 1. The van der Waals surface area contributed by atoms with Gasteiger partial charge in [-0.25, -0.2) is 4.39 Å². The predicted molar refractivity (Wildman–Crippen MR) is 76.9 cm³/mol. The minimum absolute atomic E-state index is 0.0811. The summed E-state index contributed by atoms with van der Waals surface area (Å²) in [7, 11) is 1.88.